The van der Waals surface area contributed by atoms with Crippen LogP contribution >= 0.6 is 0 Å². The molecule has 1 aromatic rings. The second kappa shape index (κ2) is 3.82. The molecule has 1 N–H and O–H groups in total. The lowest BCUT2D eigenvalue weighted by Gasteiger charge is -2.50. The first-order valence-electron chi connectivity index (χ1n) is 6.99. The maximum Gasteiger partial charge on any atom is 0.240 e. The standard InChI is InChI=1S/C15H18N2O/c18-15-13-7-3-6-12(16-13)14-11-5-2-1-4-10(11)8-9-17(14)15/h1-2,4-5,12-14,16H,3,6-9H2/t12?,13-,14+/m0/s1. The average Bonchev–Trinajstić information content (AvgIpc) is 2.44. The number of nitrogens with one attached hydrogen (secondary N) is 1. The summed E-state index contributed by atoms with van der Waals surface area (Å²) in [6, 6.07) is 9.45. The van der Waals surface area contributed by atoms with Crippen LogP contribution in [0.1, 0.15) is 36.4 Å². The van der Waals surface area contributed by atoms with Crippen molar-refractivity contribution >= 4 is 5.91 Å². The fraction of sp³-hybridized carbons (Fsp3) is 0.533. The summed E-state index contributed by atoms with van der Waals surface area (Å²) >= 11 is 0. The number of fused-ring (bicyclic) bond motifs is 6. The average molecular weight is 242 g/mol. The van der Waals surface area contributed by atoms with Gasteiger partial charge in [-0.1, -0.05) is 24.3 Å². The number of hydrogen-bond acceptors (Lipinski definition) is 2. The zero-order valence-electron chi connectivity index (χ0n) is 10.4. The van der Waals surface area contributed by atoms with Crippen LogP contribution in [0.3, 0.4) is 0 Å². The van der Waals surface area contributed by atoms with Crippen LogP contribution in [0.25, 0.3) is 0 Å². The van der Waals surface area contributed by atoms with Gasteiger partial charge >= 0.3 is 0 Å². The zero-order valence-corrected chi connectivity index (χ0v) is 10.4. The number of amides is 1. The molecule has 3 heteroatoms. The normalized spacial score (nSPS) is 33.9. The van der Waals surface area contributed by atoms with Gasteiger partial charge in [0.1, 0.15) is 0 Å². The zero-order chi connectivity index (χ0) is 12.1. The molecule has 0 radical (unpaired) electrons. The highest BCUT2D eigenvalue weighted by Crippen LogP contribution is 2.39. The maximum absolute atomic E-state index is 12.4. The molecule has 2 saturated heterocycles. The van der Waals surface area contributed by atoms with E-state index in [9.17, 15) is 4.79 Å². The van der Waals surface area contributed by atoms with Crippen LogP contribution in [0.5, 0.6) is 0 Å². The Morgan fingerprint density at radius 1 is 1.22 bits per heavy atom. The number of benzene rings is 1. The van der Waals surface area contributed by atoms with Crippen LogP contribution in [0, 0.1) is 0 Å². The Hall–Kier alpha value is -1.35. The van der Waals surface area contributed by atoms with E-state index in [-0.39, 0.29) is 12.1 Å². The molecule has 3 heterocycles. The third-order valence-corrected chi connectivity index (χ3v) is 4.72. The molecule has 0 aromatic heterocycles. The largest absolute Gasteiger partial charge is 0.332 e. The summed E-state index contributed by atoms with van der Waals surface area (Å²) in [4.78, 5) is 14.6. The van der Waals surface area contributed by atoms with Crippen molar-refractivity contribution in [3.8, 4) is 0 Å². The molecule has 0 saturated carbocycles. The lowest BCUT2D eigenvalue weighted by Crippen LogP contribution is -2.64. The van der Waals surface area contributed by atoms with E-state index >= 15 is 0 Å². The van der Waals surface area contributed by atoms with E-state index in [2.05, 4.69) is 34.5 Å². The van der Waals surface area contributed by atoms with Crippen molar-refractivity contribution in [3.05, 3.63) is 35.4 Å². The van der Waals surface area contributed by atoms with Crippen molar-refractivity contribution in [2.45, 2.75) is 43.8 Å². The summed E-state index contributed by atoms with van der Waals surface area (Å²) in [5, 5.41) is 3.55. The molecule has 4 rings (SSSR count). The van der Waals surface area contributed by atoms with Gasteiger partial charge in [0.2, 0.25) is 5.91 Å². The number of piperidine rings is 1. The molecule has 3 nitrogen and oxygen atoms in total. The van der Waals surface area contributed by atoms with Crippen LogP contribution in [-0.4, -0.2) is 29.4 Å². The van der Waals surface area contributed by atoms with E-state index in [4.69, 9.17) is 0 Å². The van der Waals surface area contributed by atoms with E-state index in [1.807, 2.05) is 0 Å². The van der Waals surface area contributed by atoms with Gasteiger partial charge in [0, 0.05) is 12.6 Å². The minimum Gasteiger partial charge on any atom is -0.332 e. The minimum atomic E-state index is 0.0882. The van der Waals surface area contributed by atoms with Gasteiger partial charge in [-0.2, -0.15) is 0 Å². The first-order chi connectivity index (χ1) is 8.84. The summed E-state index contributed by atoms with van der Waals surface area (Å²) in [6.07, 6.45) is 4.40. The maximum atomic E-state index is 12.4. The Labute approximate surface area is 107 Å². The molecular weight excluding hydrogens is 224 g/mol. The van der Waals surface area contributed by atoms with Crippen molar-refractivity contribution < 1.29 is 4.79 Å². The summed E-state index contributed by atoms with van der Waals surface area (Å²) in [5.41, 5.74) is 2.80. The topological polar surface area (TPSA) is 32.3 Å². The Morgan fingerprint density at radius 2 is 2.11 bits per heavy atom. The molecule has 1 aromatic carbocycles. The van der Waals surface area contributed by atoms with Gasteiger partial charge < -0.3 is 10.2 Å². The van der Waals surface area contributed by atoms with Crippen LogP contribution in [0.15, 0.2) is 24.3 Å². The van der Waals surface area contributed by atoms with Crippen LogP contribution < -0.4 is 5.32 Å². The predicted octanol–water partition coefficient (Wildman–Crippen LogP) is 1.64. The molecule has 3 atom stereocenters. The SMILES string of the molecule is O=C1[C@@H]2CCCC(N2)[C@H]2c3ccccc3CCN12. The Kier molecular flexibility index (Phi) is 2.24. The summed E-state index contributed by atoms with van der Waals surface area (Å²) in [5.74, 6) is 0.324. The second-order valence-corrected chi connectivity index (χ2v) is 5.68. The van der Waals surface area contributed by atoms with Crippen molar-refractivity contribution in [2.24, 2.45) is 0 Å². The van der Waals surface area contributed by atoms with E-state index < -0.39 is 0 Å². The third-order valence-electron chi connectivity index (χ3n) is 4.72. The highest BCUT2D eigenvalue weighted by Gasteiger charge is 2.45. The first kappa shape index (κ1) is 10.6. The van der Waals surface area contributed by atoms with Gasteiger partial charge in [-0.05, 0) is 36.8 Å². The predicted molar refractivity (Wildman–Crippen MR) is 69.2 cm³/mol. The fourth-order valence-electron chi connectivity index (χ4n) is 3.89. The number of nitrogens with zero attached hydrogens (tertiary/aromatic N) is 1. The Morgan fingerprint density at radius 3 is 3.06 bits per heavy atom. The summed E-state index contributed by atoms with van der Waals surface area (Å²) in [6.45, 7) is 0.898. The molecule has 3 aliphatic rings. The van der Waals surface area contributed by atoms with Gasteiger partial charge in [0.15, 0.2) is 0 Å². The molecular formula is C15H18N2O. The molecule has 0 aliphatic carbocycles. The Bertz CT molecular complexity index is 499. The van der Waals surface area contributed by atoms with Crippen molar-refractivity contribution in [2.75, 3.05) is 6.54 Å². The highest BCUT2D eigenvalue weighted by atomic mass is 16.2. The highest BCUT2D eigenvalue weighted by molar-refractivity contribution is 5.84. The van der Waals surface area contributed by atoms with E-state index in [0.29, 0.717) is 11.9 Å². The monoisotopic (exact) mass is 242 g/mol. The minimum absolute atomic E-state index is 0.0882. The lowest BCUT2D eigenvalue weighted by molar-refractivity contribution is -0.143. The molecule has 18 heavy (non-hydrogen) atoms. The van der Waals surface area contributed by atoms with Crippen molar-refractivity contribution in [3.63, 3.8) is 0 Å². The Balaban J connectivity index is 1.80. The van der Waals surface area contributed by atoms with Gasteiger partial charge in [0.25, 0.3) is 0 Å². The van der Waals surface area contributed by atoms with Gasteiger partial charge in [-0.15, -0.1) is 0 Å². The fourth-order valence-corrected chi connectivity index (χ4v) is 3.89. The molecule has 3 aliphatic heterocycles. The lowest BCUT2D eigenvalue weighted by atomic mass is 9.80. The number of carbonyl (C=O) groups is 1. The number of hydrogen-bond donors (Lipinski definition) is 1. The van der Waals surface area contributed by atoms with Crippen molar-refractivity contribution in [1.29, 1.82) is 0 Å². The third kappa shape index (κ3) is 1.37. The van der Waals surface area contributed by atoms with Gasteiger partial charge in [-0.3, -0.25) is 4.79 Å². The molecule has 1 unspecified atom stereocenters. The van der Waals surface area contributed by atoms with Crippen molar-refractivity contribution in [1.82, 2.24) is 10.2 Å². The molecule has 0 spiro atoms. The number of rotatable bonds is 0. The quantitative estimate of drug-likeness (QED) is 0.750. The van der Waals surface area contributed by atoms with Crippen LogP contribution in [0.2, 0.25) is 0 Å². The van der Waals surface area contributed by atoms with E-state index in [1.165, 1.54) is 24.0 Å². The summed E-state index contributed by atoms with van der Waals surface area (Å²) < 4.78 is 0. The van der Waals surface area contributed by atoms with E-state index in [1.54, 1.807) is 0 Å². The van der Waals surface area contributed by atoms with Gasteiger partial charge in [-0.25, -0.2) is 0 Å². The van der Waals surface area contributed by atoms with Gasteiger partial charge in [0.05, 0.1) is 12.1 Å². The molecule has 1 amide bonds. The second-order valence-electron chi connectivity index (χ2n) is 5.68. The smallest absolute Gasteiger partial charge is 0.240 e. The first-order valence-corrected chi connectivity index (χ1v) is 6.99. The molecule has 2 fully saturated rings. The molecule has 2 bridgehead atoms. The van der Waals surface area contributed by atoms with Crippen LogP contribution in [0.4, 0.5) is 0 Å². The van der Waals surface area contributed by atoms with Crippen LogP contribution in [-0.2, 0) is 11.2 Å². The number of piperazine rings is 1. The molecule has 94 valence electrons. The summed E-state index contributed by atoms with van der Waals surface area (Å²) in [7, 11) is 0. The van der Waals surface area contributed by atoms with E-state index in [0.717, 1.165) is 19.4 Å². The number of carbonyl (C=O) groups excluding carboxylic acids is 1.